The molecule has 1 aromatic rings. The van der Waals surface area contributed by atoms with E-state index >= 15 is 0 Å². The van der Waals surface area contributed by atoms with Gasteiger partial charge in [-0.15, -0.1) is 0 Å². The van der Waals surface area contributed by atoms with Gasteiger partial charge in [0, 0.05) is 26.2 Å². The minimum atomic E-state index is -0.573. The summed E-state index contributed by atoms with van der Waals surface area (Å²) in [7, 11) is 0. The highest BCUT2D eigenvalue weighted by atomic mass is 19.1. The molecule has 0 aliphatic carbocycles. The number of halogens is 1. The molecule has 7 heteroatoms. The number of hydrogen-bond acceptors (Lipinski definition) is 5. The monoisotopic (exact) mass is 277 g/mol. The Morgan fingerprint density at radius 2 is 2.00 bits per heavy atom. The van der Waals surface area contributed by atoms with Crippen LogP contribution in [0.4, 0.5) is 15.8 Å². The molecular formula is C13H16FN5O. The second kappa shape index (κ2) is 5.75. The number of nitrogens with two attached hydrogens (primary N) is 2. The van der Waals surface area contributed by atoms with E-state index in [9.17, 15) is 9.18 Å². The summed E-state index contributed by atoms with van der Waals surface area (Å²) in [6.45, 7) is 2.57. The molecule has 0 aromatic heterocycles. The van der Waals surface area contributed by atoms with E-state index < -0.39 is 5.82 Å². The molecule has 1 aliphatic rings. The molecule has 0 unspecified atom stereocenters. The van der Waals surface area contributed by atoms with E-state index in [4.69, 9.17) is 16.7 Å². The largest absolute Gasteiger partial charge is 0.397 e. The molecule has 1 amide bonds. The number of carbonyl (C=O) groups excluding carboxylic acids is 1. The fourth-order valence-corrected chi connectivity index (χ4v) is 2.38. The molecule has 0 spiro atoms. The molecule has 4 N–H and O–H groups in total. The summed E-state index contributed by atoms with van der Waals surface area (Å²) in [5.41, 5.74) is 11.8. The Kier molecular flexibility index (Phi) is 4.05. The third kappa shape index (κ3) is 2.81. The summed E-state index contributed by atoms with van der Waals surface area (Å²) in [6.07, 6.45) is 0. The quantitative estimate of drug-likeness (QED) is 0.751. The molecule has 1 heterocycles. The lowest BCUT2D eigenvalue weighted by atomic mass is 10.1. The van der Waals surface area contributed by atoms with Crippen LogP contribution in [0.15, 0.2) is 12.1 Å². The molecule has 0 saturated carbocycles. The SMILES string of the molecule is N#Cc1c(F)ccc(N)c1N1CCN(CC(N)=O)CC1. The van der Waals surface area contributed by atoms with Crippen molar-refractivity contribution < 1.29 is 9.18 Å². The first-order valence-corrected chi connectivity index (χ1v) is 6.26. The van der Waals surface area contributed by atoms with Gasteiger partial charge in [0.15, 0.2) is 0 Å². The van der Waals surface area contributed by atoms with Crippen molar-refractivity contribution >= 4 is 17.3 Å². The molecule has 0 bridgehead atoms. The van der Waals surface area contributed by atoms with Gasteiger partial charge < -0.3 is 16.4 Å². The third-order valence-electron chi connectivity index (χ3n) is 3.34. The Morgan fingerprint density at radius 3 is 2.55 bits per heavy atom. The number of piperazine rings is 1. The first kappa shape index (κ1) is 14.1. The van der Waals surface area contributed by atoms with Gasteiger partial charge in [0.1, 0.15) is 17.4 Å². The van der Waals surface area contributed by atoms with Crippen LogP contribution in [0.2, 0.25) is 0 Å². The maximum atomic E-state index is 13.7. The fraction of sp³-hybridized carbons (Fsp3) is 0.385. The van der Waals surface area contributed by atoms with Gasteiger partial charge in [0.25, 0.3) is 0 Å². The average Bonchev–Trinajstić information content (AvgIpc) is 2.41. The standard InChI is InChI=1S/C13H16FN5O/c14-10-1-2-11(16)13(9(10)7-15)19-5-3-18(4-6-19)8-12(17)20/h1-2H,3-6,8,16H2,(H2,17,20). The van der Waals surface area contributed by atoms with E-state index in [-0.39, 0.29) is 18.0 Å². The molecule has 2 rings (SSSR count). The molecule has 106 valence electrons. The normalized spacial score (nSPS) is 15.9. The van der Waals surface area contributed by atoms with Crippen LogP contribution in [-0.4, -0.2) is 43.5 Å². The van der Waals surface area contributed by atoms with E-state index in [2.05, 4.69) is 0 Å². The molecule has 0 radical (unpaired) electrons. The van der Waals surface area contributed by atoms with Crippen LogP contribution in [0.25, 0.3) is 0 Å². The number of hydrogen-bond donors (Lipinski definition) is 2. The molecule has 1 aromatic carbocycles. The maximum Gasteiger partial charge on any atom is 0.231 e. The summed E-state index contributed by atoms with van der Waals surface area (Å²) in [4.78, 5) is 14.7. The predicted octanol–water partition coefficient (Wildman–Crippen LogP) is -0.113. The van der Waals surface area contributed by atoms with Crippen LogP contribution in [0, 0.1) is 17.1 Å². The lowest BCUT2D eigenvalue weighted by Crippen LogP contribution is -2.49. The number of carbonyl (C=O) groups is 1. The molecule has 6 nitrogen and oxygen atoms in total. The second-order valence-corrected chi connectivity index (χ2v) is 4.70. The van der Waals surface area contributed by atoms with E-state index in [0.717, 1.165) is 0 Å². The van der Waals surface area contributed by atoms with Crippen molar-refractivity contribution in [3.63, 3.8) is 0 Å². The van der Waals surface area contributed by atoms with Crippen molar-refractivity contribution in [2.24, 2.45) is 5.73 Å². The minimum absolute atomic E-state index is 0.0339. The van der Waals surface area contributed by atoms with Crippen LogP contribution < -0.4 is 16.4 Å². The van der Waals surface area contributed by atoms with Crippen LogP contribution in [0.1, 0.15) is 5.56 Å². The zero-order valence-electron chi connectivity index (χ0n) is 11.0. The number of nitrogens with zero attached hydrogens (tertiary/aromatic N) is 3. The lowest BCUT2D eigenvalue weighted by Gasteiger charge is -2.36. The van der Waals surface area contributed by atoms with Gasteiger partial charge in [0.05, 0.1) is 17.9 Å². The van der Waals surface area contributed by atoms with Gasteiger partial charge in [-0.3, -0.25) is 9.69 Å². The zero-order valence-corrected chi connectivity index (χ0v) is 11.0. The molecule has 1 aliphatic heterocycles. The smallest absolute Gasteiger partial charge is 0.231 e. The maximum absolute atomic E-state index is 13.7. The topological polar surface area (TPSA) is 99.4 Å². The zero-order chi connectivity index (χ0) is 14.7. The van der Waals surface area contributed by atoms with Crippen molar-refractivity contribution in [3.05, 3.63) is 23.5 Å². The number of benzene rings is 1. The number of nitriles is 1. The molecule has 0 atom stereocenters. The lowest BCUT2D eigenvalue weighted by molar-refractivity contribution is -0.119. The summed E-state index contributed by atoms with van der Waals surface area (Å²) >= 11 is 0. The highest BCUT2D eigenvalue weighted by Gasteiger charge is 2.23. The van der Waals surface area contributed by atoms with E-state index in [0.29, 0.717) is 37.6 Å². The van der Waals surface area contributed by atoms with Gasteiger partial charge in [-0.25, -0.2) is 4.39 Å². The van der Waals surface area contributed by atoms with Crippen molar-refractivity contribution in [1.82, 2.24) is 4.90 Å². The van der Waals surface area contributed by atoms with Crippen LogP contribution in [-0.2, 0) is 4.79 Å². The Balaban J connectivity index is 2.17. The molecule has 20 heavy (non-hydrogen) atoms. The van der Waals surface area contributed by atoms with Crippen molar-refractivity contribution in [1.29, 1.82) is 5.26 Å². The summed E-state index contributed by atoms with van der Waals surface area (Å²) in [6, 6.07) is 4.52. The predicted molar refractivity (Wildman–Crippen MR) is 73.4 cm³/mol. The number of primary amides is 1. The second-order valence-electron chi connectivity index (χ2n) is 4.70. The molecule has 1 saturated heterocycles. The number of amides is 1. The van der Waals surface area contributed by atoms with Crippen LogP contribution in [0.3, 0.4) is 0 Å². The van der Waals surface area contributed by atoms with Crippen molar-refractivity contribution in [3.8, 4) is 6.07 Å². The highest BCUT2D eigenvalue weighted by molar-refractivity contribution is 5.76. The Hall–Kier alpha value is -2.33. The van der Waals surface area contributed by atoms with E-state index in [1.807, 2.05) is 15.9 Å². The van der Waals surface area contributed by atoms with Gasteiger partial charge in [-0.2, -0.15) is 5.26 Å². The van der Waals surface area contributed by atoms with E-state index in [1.165, 1.54) is 12.1 Å². The summed E-state index contributed by atoms with van der Waals surface area (Å²) in [5.74, 6) is -0.947. The first-order valence-electron chi connectivity index (χ1n) is 6.26. The summed E-state index contributed by atoms with van der Waals surface area (Å²) < 4.78 is 13.7. The highest BCUT2D eigenvalue weighted by Crippen LogP contribution is 2.30. The number of anilines is 2. The average molecular weight is 277 g/mol. The fourth-order valence-electron chi connectivity index (χ4n) is 2.38. The number of rotatable bonds is 3. The van der Waals surface area contributed by atoms with Crippen molar-refractivity contribution in [2.75, 3.05) is 43.4 Å². The Morgan fingerprint density at radius 1 is 1.35 bits per heavy atom. The minimum Gasteiger partial charge on any atom is -0.397 e. The van der Waals surface area contributed by atoms with E-state index in [1.54, 1.807) is 0 Å². The van der Waals surface area contributed by atoms with Gasteiger partial charge >= 0.3 is 0 Å². The van der Waals surface area contributed by atoms with Crippen LogP contribution in [0.5, 0.6) is 0 Å². The van der Waals surface area contributed by atoms with Crippen molar-refractivity contribution in [2.45, 2.75) is 0 Å². The Bertz CT molecular complexity index is 561. The third-order valence-corrected chi connectivity index (χ3v) is 3.34. The molecule has 1 fully saturated rings. The number of nitrogen functional groups attached to an aromatic ring is 1. The summed E-state index contributed by atoms with van der Waals surface area (Å²) in [5, 5.41) is 9.08. The Labute approximate surface area is 116 Å². The molecular weight excluding hydrogens is 261 g/mol. The van der Waals surface area contributed by atoms with Gasteiger partial charge in [-0.1, -0.05) is 0 Å². The van der Waals surface area contributed by atoms with Gasteiger partial charge in [-0.05, 0) is 12.1 Å². The van der Waals surface area contributed by atoms with Crippen LogP contribution >= 0.6 is 0 Å². The first-order chi connectivity index (χ1) is 9.52. The van der Waals surface area contributed by atoms with Gasteiger partial charge in [0.2, 0.25) is 5.91 Å².